The lowest BCUT2D eigenvalue weighted by atomic mass is 10.3. The van der Waals surface area contributed by atoms with Crippen LogP contribution in [0.15, 0.2) is 210 Å². The predicted octanol–water partition coefficient (Wildman–Crippen LogP) is 20.5. The first kappa shape index (κ1) is 124. The van der Waals surface area contributed by atoms with Crippen LogP contribution in [0, 0.1) is 83.1 Å². The Morgan fingerprint density at radius 1 is 0.167 bits per heavy atom. The maximum Gasteiger partial charge on any atom is 0.147 e. The molecule has 0 spiro atoms. The van der Waals surface area contributed by atoms with E-state index in [1.807, 2.05) is 297 Å². The lowest BCUT2D eigenvalue weighted by Gasteiger charge is -1.82. The fraction of sp³-hybridized carbons (Fsp3) is 0.439. The molecule has 0 radical (unpaired) electrons. The maximum absolute atomic E-state index is 3.92. The summed E-state index contributed by atoms with van der Waals surface area (Å²) in [5.74, 6) is 2.29. The van der Waals surface area contributed by atoms with Crippen LogP contribution in [0.2, 0.25) is 0 Å². The molecule has 0 atom stereocenters. The molecular formula is C82H142N26. The third kappa shape index (κ3) is 116. The van der Waals surface area contributed by atoms with E-state index in [1.165, 1.54) is 49.1 Å². The Kier molecular flexibility index (Phi) is 137. The van der Waals surface area contributed by atoms with Gasteiger partial charge in [0.1, 0.15) is 55.4 Å². The summed E-state index contributed by atoms with van der Waals surface area (Å²) < 4.78 is 0. The Morgan fingerprint density at radius 3 is 0.824 bits per heavy atom. The first-order valence-corrected chi connectivity index (χ1v) is 37.2. The SMILES string of the molecule is CC.CC.CC.CC.CC.CC.CC.CC.CC.CC.CC.CC.Cc1cccnc1.Cc1cccnn1.Cc1ccncc1.Cc1ccncn1.Cc1ccnnc1.Cc1cnccn1.Cc1cncnc1.Cc1cncnn1.Cc1cnncn1.Cc1ncccn1.Cc1nccnn1.Cc1ncncn1. The summed E-state index contributed by atoms with van der Waals surface area (Å²) in [4.78, 5) is 60.8. The number of aryl methyl sites for hydroxylation is 12. The molecule has 0 saturated heterocycles. The Hall–Kier alpha value is -11.2. The highest BCUT2D eigenvalue weighted by atomic mass is 15.1. The van der Waals surface area contributed by atoms with E-state index in [-0.39, 0.29) is 0 Å². The number of aromatic nitrogens is 26. The second-order valence-corrected chi connectivity index (χ2v) is 16.1. The smallest absolute Gasteiger partial charge is 0.147 e. The van der Waals surface area contributed by atoms with Crippen LogP contribution in [0.3, 0.4) is 0 Å². The van der Waals surface area contributed by atoms with E-state index in [0.717, 1.165) is 51.2 Å². The van der Waals surface area contributed by atoms with Crippen molar-refractivity contribution in [3.63, 3.8) is 0 Å². The number of rotatable bonds is 0. The summed E-state index contributed by atoms with van der Waals surface area (Å²) in [6.07, 6.45) is 41.3. The average molecular weight is 1490 g/mol. The first-order valence-electron chi connectivity index (χ1n) is 37.2. The molecule has 0 saturated carbocycles. The van der Waals surface area contributed by atoms with E-state index in [2.05, 4.69) is 131 Å². The second kappa shape index (κ2) is 120. The van der Waals surface area contributed by atoms with Crippen LogP contribution in [0.1, 0.15) is 234 Å². The molecule has 12 heterocycles. The normalized spacial score (nSPS) is 7.44. The van der Waals surface area contributed by atoms with Crippen LogP contribution < -0.4 is 0 Å². The van der Waals surface area contributed by atoms with Gasteiger partial charge in [-0.25, -0.2) is 59.8 Å². The number of hydrogen-bond donors (Lipinski definition) is 0. The van der Waals surface area contributed by atoms with Gasteiger partial charge in [-0.15, -0.1) is 15.3 Å². The molecule has 12 aromatic heterocycles. The van der Waals surface area contributed by atoms with Crippen LogP contribution in [0.4, 0.5) is 0 Å². The van der Waals surface area contributed by atoms with Crippen LogP contribution >= 0.6 is 0 Å². The minimum Gasteiger partial charge on any atom is -0.265 e. The summed E-state index contributed by atoms with van der Waals surface area (Å²) in [5, 5.41) is 36.0. The molecule has 12 aromatic rings. The van der Waals surface area contributed by atoms with Gasteiger partial charge < -0.3 is 0 Å². The lowest BCUT2D eigenvalue weighted by molar-refractivity contribution is 0.907. The number of pyridine rings is 2. The van der Waals surface area contributed by atoms with E-state index in [4.69, 9.17) is 0 Å². The van der Waals surface area contributed by atoms with E-state index in [9.17, 15) is 0 Å². The van der Waals surface area contributed by atoms with Crippen LogP contribution in [-0.2, 0) is 0 Å². The molecule has 0 unspecified atom stereocenters. The Labute approximate surface area is 655 Å². The highest BCUT2D eigenvalue weighted by molar-refractivity contribution is 5.06. The first-order chi connectivity index (χ1) is 52.7. The minimum absolute atomic E-state index is 0.711. The van der Waals surface area contributed by atoms with Gasteiger partial charge in [-0.2, -0.15) is 35.7 Å². The molecule has 600 valence electrons. The zero-order valence-corrected chi connectivity index (χ0v) is 73.3. The summed E-state index contributed by atoms with van der Waals surface area (Å²) >= 11 is 0. The molecule has 0 N–H and O–H groups in total. The zero-order chi connectivity index (χ0) is 85.4. The van der Waals surface area contributed by atoms with E-state index >= 15 is 0 Å². The van der Waals surface area contributed by atoms with Crippen molar-refractivity contribution in [3.05, 3.63) is 278 Å². The zero-order valence-electron chi connectivity index (χ0n) is 73.3. The number of nitrogens with zero attached hydrogens (tertiary/aromatic N) is 26. The quantitative estimate of drug-likeness (QED) is 0.136. The monoisotopic (exact) mass is 1490 g/mol. The van der Waals surface area contributed by atoms with Gasteiger partial charge in [0.05, 0.1) is 47.6 Å². The highest BCUT2D eigenvalue weighted by Gasteiger charge is 1.82. The molecule has 26 heteroatoms. The second-order valence-electron chi connectivity index (χ2n) is 16.1. The summed E-state index contributed by atoms with van der Waals surface area (Å²) in [6.45, 7) is 71.0. The summed E-state index contributed by atoms with van der Waals surface area (Å²) in [5.41, 5.74) is 9.40. The van der Waals surface area contributed by atoms with Gasteiger partial charge in [0, 0.05) is 98.6 Å². The van der Waals surface area contributed by atoms with Gasteiger partial charge in [0.25, 0.3) is 0 Å². The minimum atomic E-state index is 0.711. The van der Waals surface area contributed by atoms with Gasteiger partial charge in [-0.3, -0.25) is 19.9 Å². The van der Waals surface area contributed by atoms with Gasteiger partial charge in [-0.05, 0) is 154 Å². The third-order valence-electron chi connectivity index (χ3n) is 8.34. The average Bonchev–Trinajstić information content (AvgIpc) is 3.97. The van der Waals surface area contributed by atoms with Gasteiger partial charge >= 0.3 is 0 Å². The highest BCUT2D eigenvalue weighted by Crippen LogP contribution is 1.91. The third-order valence-corrected chi connectivity index (χ3v) is 8.34. The van der Waals surface area contributed by atoms with E-state index < -0.39 is 0 Å². The molecule has 26 nitrogen and oxygen atoms in total. The van der Waals surface area contributed by atoms with Crippen molar-refractivity contribution in [3.8, 4) is 0 Å². The molecule has 0 aliphatic heterocycles. The van der Waals surface area contributed by atoms with Crippen LogP contribution in [0.25, 0.3) is 0 Å². The standard InChI is InChI=1S/2C6H7N.6C5H6N2.4C4H5N3.12C2H6/c1-6-2-4-7-5-3-6;1-6-3-2-4-7-5-6;1-5-2-6-4-7-3-5;1-5-4-6-2-3-7-5;1-5-2-3-6-4-7-5;1-5-2-3-6-7-4-5;1-5-6-3-2-4-7-5;1-5-3-2-4-6-7-5;1-4-6-2-5-3-7-4;1-4-2-6-7-3-5-4;1-4-2-5-3-6-7-4;1-4-5-2-3-6-7-4;12*1-2/h2*2-5H,1H3;6*2-4H,1H3;4*2-3H,1H3;12*1-2H3. The molecule has 0 bridgehead atoms. The van der Waals surface area contributed by atoms with Crippen LogP contribution in [0.5, 0.6) is 0 Å². The molecule has 108 heavy (non-hydrogen) atoms. The molecule has 12 rings (SSSR count). The van der Waals surface area contributed by atoms with Crippen molar-refractivity contribution < 1.29 is 0 Å². The summed E-state index contributed by atoms with van der Waals surface area (Å²) in [7, 11) is 0. The summed E-state index contributed by atoms with van der Waals surface area (Å²) in [6, 6.07) is 17.2. The molecule has 0 aliphatic rings. The van der Waals surface area contributed by atoms with Crippen molar-refractivity contribution >= 4 is 0 Å². The molecule has 0 aliphatic carbocycles. The number of hydrogen-bond acceptors (Lipinski definition) is 26. The van der Waals surface area contributed by atoms with Gasteiger partial charge in [0.2, 0.25) is 0 Å². The van der Waals surface area contributed by atoms with Crippen molar-refractivity contribution in [1.82, 2.24) is 131 Å². The van der Waals surface area contributed by atoms with Crippen molar-refractivity contribution in [2.24, 2.45) is 0 Å². The Bertz CT molecular complexity index is 2450. The van der Waals surface area contributed by atoms with E-state index in [1.54, 1.807) is 125 Å². The van der Waals surface area contributed by atoms with Crippen molar-refractivity contribution in [1.29, 1.82) is 0 Å². The van der Waals surface area contributed by atoms with Crippen LogP contribution in [-0.4, -0.2) is 131 Å². The lowest BCUT2D eigenvalue weighted by Crippen LogP contribution is -1.85. The van der Waals surface area contributed by atoms with Gasteiger partial charge in [0.15, 0.2) is 0 Å². The van der Waals surface area contributed by atoms with Crippen molar-refractivity contribution in [2.75, 3.05) is 0 Å². The Morgan fingerprint density at radius 2 is 0.602 bits per heavy atom. The molecular weight excluding hydrogens is 1350 g/mol. The fourth-order valence-electron chi connectivity index (χ4n) is 4.31. The van der Waals surface area contributed by atoms with Crippen molar-refractivity contribution in [2.45, 2.75) is 249 Å². The Balaban J connectivity index is -0.0000000907. The maximum atomic E-state index is 3.92. The molecule has 0 aromatic carbocycles. The van der Waals surface area contributed by atoms with Gasteiger partial charge in [-0.1, -0.05) is 172 Å². The predicted molar refractivity (Wildman–Crippen MR) is 453 cm³/mol. The van der Waals surface area contributed by atoms with E-state index in [0.29, 0.717) is 5.82 Å². The fourth-order valence-corrected chi connectivity index (χ4v) is 4.31. The largest absolute Gasteiger partial charge is 0.265 e. The topological polar surface area (TPSA) is 335 Å². The molecule has 0 fully saturated rings. The molecule has 0 amide bonds.